The molecule has 2 heterocycles. The summed E-state index contributed by atoms with van der Waals surface area (Å²) >= 11 is 1.31. The number of benzene rings is 7. The number of nitrogens with zero attached hydrogens (tertiary/aromatic N) is 1. The van der Waals surface area contributed by atoms with Gasteiger partial charge in [0.1, 0.15) is 55.2 Å². The van der Waals surface area contributed by atoms with E-state index >= 15 is 9.59 Å². The molecular weight excluding hydrogens is 1490 g/mol. The van der Waals surface area contributed by atoms with E-state index in [9.17, 15) is 38.4 Å². The number of alkyl carbamates (subject to hydrolysis) is 1. The van der Waals surface area contributed by atoms with Crippen molar-refractivity contribution in [3.8, 4) is 16.9 Å². The number of rotatable bonds is 37. The third-order valence-electron chi connectivity index (χ3n) is 22.6. The summed E-state index contributed by atoms with van der Waals surface area (Å²) in [6.45, 7) is 18.4. The largest absolute Gasteiger partial charge is 0.489 e. The summed E-state index contributed by atoms with van der Waals surface area (Å²) in [4.78, 5) is 149. The summed E-state index contributed by atoms with van der Waals surface area (Å²) < 4.78 is 22.9. The lowest BCUT2D eigenvalue weighted by atomic mass is 9.84. The van der Waals surface area contributed by atoms with E-state index in [0.29, 0.717) is 36.3 Å². The maximum atomic E-state index is 15.3. The summed E-state index contributed by atoms with van der Waals surface area (Å²) in [6, 6.07) is 51.7. The number of nitrogens with one attached hydrogen (secondary N) is 8. The summed E-state index contributed by atoms with van der Waals surface area (Å²) in [5.41, 5.74) is 14.7. The molecule has 1 aromatic heterocycles. The molecule has 608 valence electrons. The number of aromatic amines is 1. The SMILES string of the molecule is CC[C@H](C)[C@H](C)[C@H](NC(=O)OCC1c2ccccc2-c2ccccc21)C(=O)NC(Cc1c[nH]c2cc(OCc3ccccc3)ccc12)C(=O)NCC(=O)N[C@H](C(=O)NCC(=O)N[C@@H](CSC(c1ccccc1)(c1ccccc1)c1ccccc1)C(=O)N[C@@H](CC(N)=O)C(=O)N1C[C@H](O[Si](C)(C)C(C)(C)C)C[C@H]1C(=O)OC)[C@@H](C)CC. The molecule has 2 aliphatic rings. The number of methoxy groups -OCH3 is 1. The summed E-state index contributed by atoms with van der Waals surface area (Å²) in [5, 5.41) is 19.9. The molecule has 26 heteroatoms. The number of fused-ring (bicyclic) bond motifs is 4. The second kappa shape index (κ2) is 39.3. The van der Waals surface area contributed by atoms with Crippen LogP contribution in [0.5, 0.6) is 5.75 Å². The van der Waals surface area contributed by atoms with E-state index in [4.69, 9.17) is 24.4 Å². The number of carbonyl (C=O) groups excluding carboxylic acids is 10. The Morgan fingerprint density at radius 2 is 1.15 bits per heavy atom. The van der Waals surface area contributed by atoms with Crippen LogP contribution in [0.3, 0.4) is 0 Å². The molecule has 115 heavy (non-hydrogen) atoms. The van der Waals surface area contributed by atoms with Crippen LogP contribution < -0.4 is 47.7 Å². The Hall–Kier alpha value is -11.1. The van der Waals surface area contributed by atoms with E-state index in [0.717, 1.165) is 49.9 Å². The second-order valence-corrected chi connectivity index (χ2v) is 37.3. The molecule has 10 atom stereocenters. The van der Waals surface area contributed by atoms with Gasteiger partial charge in [0, 0.05) is 54.2 Å². The molecule has 10 N–H and O–H groups in total. The Morgan fingerprint density at radius 3 is 1.70 bits per heavy atom. The van der Waals surface area contributed by atoms with Gasteiger partial charge in [-0.05, 0) is 98.1 Å². The third-order valence-corrected chi connectivity index (χ3v) is 28.8. The highest BCUT2D eigenvalue weighted by Gasteiger charge is 2.48. The lowest BCUT2D eigenvalue weighted by Crippen LogP contribution is -2.59. The molecule has 0 radical (unpaired) electrons. The highest BCUT2D eigenvalue weighted by Crippen LogP contribution is 2.49. The zero-order valence-corrected chi connectivity index (χ0v) is 69.1. The van der Waals surface area contributed by atoms with Crippen LogP contribution in [-0.2, 0) is 74.8 Å². The maximum absolute atomic E-state index is 15.3. The fraction of sp³-hybridized carbons (Fsp3) is 0.393. The quantitative estimate of drug-likeness (QED) is 0.00993. The first-order valence-corrected chi connectivity index (χ1v) is 43.2. The molecule has 0 bridgehead atoms. The van der Waals surface area contributed by atoms with Gasteiger partial charge in [-0.25, -0.2) is 9.59 Å². The number of hydrogen-bond donors (Lipinski definition) is 9. The van der Waals surface area contributed by atoms with Crippen LogP contribution in [0, 0.1) is 17.8 Å². The van der Waals surface area contributed by atoms with Gasteiger partial charge in [-0.2, -0.15) is 0 Å². The monoisotopic (exact) mass is 1600 g/mol. The highest BCUT2D eigenvalue weighted by molar-refractivity contribution is 8.00. The molecular formula is C89H108N10O14SSi. The van der Waals surface area contributed by atoms with E-state index in [1.54, 1.807) is 20.0 Å². The van der Waals surface area contributed by atoms with Crippen LogP contribution in [0.4, 0.5) is 4.79 Å². The third kappa shape index (κ3) is 21.5. The second-order valence-electron chi connectivity index (χ2n) is 31.3. The minimum atomic E-state index is -2.48. The molecule has 0 saturated carbocycles. The molecule has 1 aliphatic heterocycles. The van der Waals surface area contributed by atoms with Gasteiger partial charge in [-0.1, -0.05) is 238 Å². The highest BCUT2D eigenvalue weighted by atomic mass is 32.2. The number of primary amides is 1. The smallest absolute Gasteiger partial charge is 0.407 e. The van der Waals surface area contributed by atoms with Gasteiger partial charge in [0.2, 0.25) is 47.3 Å². The van der Waals surface area contributed by atoms with E-state index in [1.807, 2.05) is 222 Å². The Morgan fingerprint density at radius 1 is 0.609 bits per heavy atom. The predicted molar refractivity (Wildman–Crippen MR) is 446 cm³/mol. The molecule has 0 spiro atoms. The van der Waals surface area contributed by atoms with Crippen molar-refractivity contribution in [3.63, 3.8) is 0 Å². The zero-order chi connectivity index (χ0) is 82.7. The number of hydrogen-bond acceptors (Lipinski definition) is 15. The first kappa shape index (κ1) is 86.3. The molecule has 1 fully saturated rings. The number of thioether (sulfide) groups is 1. The molecule has 9 amide bonds. The lowest BCUT2D eigenvalue weighted by Gasteiger charge is -2.38. The molecule has 10 rings (SSSR count). The lowest BCUT2D eigenvalue weighted by molar-refractivity contribution is -0.152. The van der Waals surface area contributed by atoms with Gasteiger partial charge in [0.25, 0.3) is 0 Å². The number of nitrogens with two attached hydrogens (primary N) is 1. The predicted octanol–water partition coefficient (Wildman–Crippen LogP) is 10.9. The van der Waals surface area contributed by atoms with Crippen molar-refractivity contribution in [1.82, 2.24) is 47.1 Å². The Bertz CT molecular complexity index is 4580. The van der Waals surface area contributed by atoms with Crippen LogP contribution in [0.25, 0.3) is 22.0 Å². The van der Waals surface area contributed by atoms with Crippen LogP contribution in [-0.4, -0.2) is 159 Å². The number of aromatic nitrogens is 1. The van der Waals surface area contributed by atoms with Gasteiger partial charge in [0.15, 0.2) is 8.32 Å². The van der Waals surface area contributed by atoms with Gasteiger partial charge in [-0.3, -0.25) is 38.4 Å². The van der Waals surface area contributed by atoms with E-state index in [-0.39, 0.29) is 48.6 Å². The molecule has 1 aliphatic carbocycles. The number of esters is 1. The molecule has 8 aromatic rings. The molecule has 7 aromatic carbocycles. The van der Waals surface area contributed by atoms with Gasteiger partial charge in [-0.15, -0.1) is 11.8 Å². The standard InChI is InChI=1S/C89H108N10O14SSi/c1-12-55(3)57(5)80(98-87(109)112-53-70-68-40-28-26-38-66(68)67-39-27-29-41-69(67)70)84(106)95-72(44-59-48-91-71-45-63(42-43-65(59)71)111-52-58-30-18-14-19-31-58)81(103)92-50-78(102)97-79(56(4)13-2)83(105)93-49-77(101)94-74(54-114-89(60-32-20-15-21-33-60,61-34-22-16-23-35-61)62-36-24-17-25-37-62)82(104)96-73(47-76(90)100)85(107)99-51-64(46-75(99)86(108)110-9)113-115(10,11)88(6,7)8/h14-43,45,48,55-57,64,70,72-75,79-80,91H,12-13,44,46-47,49-54H2,1-11H3,(H2,90,100)(H,92,103)(H,93,105)(H,94,101)(H,95,106)(H,96,104)(H,97,102)(H,98,109)/t55-,56-,57-,64+,72?,73-,74-,75-,79-,80-/m0/s1. The first-order valence-electron chi connectivity index (χ1n) is 39.3. The maximum Gasteiger partial charge on any atom is 0.407 e. The molecule has 1 unspecified atom stereocenters. The summed E-state index contributed by atoms with van der Waals surface area (Å²) in [5.74, 6) is -8.27. The van der Waals surface area contributed by atoms with Gasteiger partial charge >= 0.3 is 12.1 Å². The van der Waals surface area contributed by atoms with Crippen molar-refractivity contribution in [2.24, 2.45) is 23.5 Å². The minimum Gasteiger partial charge on any atom is -0.489 e. The summed E-state index contributed by atoms with van der Waals surface area (Å²) in [7, 11) is -1.28. The Kier molecular flexibility index (Phi) is 29.5. The number of carbonyl (C=O) groups is 10. The Balaban J connectivity index is 0.867. The van der Waals surface area contributed by atoms with Crippen LogP contribution >= 0.6 is 11.8 Å². The van der Waals surface area contributed by atoms with Crippen LogP contribution in [0.1, 0.15) is 126 Å². The average Bonchev–Trinajstić information content (AvgIpc) is 1.16. The first-order chi connectivity index (χ1) is 55.0. The van der Waals surface area contributed by atoms with Crippen molar-refractivity contribution in [3.05, 3.63) is 233 Å². The number of likely N-dealkylation sites (tertiary alicyclic amines) is 1. The molecule has 24 nitrogen and oxygen atoms in total. The number of ether oxygens (including phenoxy) is 3. The van der Waals surface area contributed by atoms with Crippen molar-refractivity contribution < 1.29 is 66.6 Å². The fourth-order valence-electron chi connectivity index (χ4n) is 14.6. The summed E-state index contributed by atoms with van der Waals surface area (Å²) in [6.07, 6.45) is 0.596. The normalized spacial score (nSPS) is 16.1. The topological polar surface area (TPSA) is 337 Å². The number of H-pyrrole nitrogens is 1. The Labute approximate surface area is 678 Å². The zero-order valence-electron chi connectivity index (χ0n) is 67.3. The van der Waals surface area contributed by atoms with Gasteiger partial charge in [0.05, 0.1) is 37.5 Å². The van der Waals surface area contributed by atoms with Crippen molar-refractivity contribution in [1.29, 1.82) is 0 Å². The van der Waals surface area contributed by atoms with Crippen LogP contribution in [0.15, 0.2) is 194 Å². The van der Waals surface area contributed by atoms with E-state index in [2.05, 4.69) is 63.0 Å². The van der Waals surface area contributed by atoms with Gasteiger partial charge < -0.3 is 71.5 Å². The van der Waals surface area contributed by atoms with Crippen LogP contribution in [0.2, 0.25) is 18.1 Å². The molecule has 1 saturated heterocycles. The van der Waals surface area contributed by atoms with E-state index in [1.165, 1.54) is 23.8 Å². The van der Waals surface area contributed by atoms with Crippen molar-refractivity contribution in [2.75, 3.05) is 39.1 Å². The minimum absolute atomic E-state index is 0.0123. The number of amides is 9. The van der Waals surface area contributed by atoms with Crippen molar-refractivity contribution in [2.45, 2.75) is 165 Å². The van der Waals surface area contributed by atoms with Crippen molar-refractivity contribution >= 4 is 90.3 Å². The fourth-order valence-corrected chi connectivity index (χ4v) is 17.5. The van der Waals surface area contributed by atoms with E-state index < -0.39 is 146 Å². The average molecular weight is 1600 g/mol.